The molecule has 1 aliphatic carbocycles. The fourth-order valence-electron chi connectivity index (χ4n) is 2.38. The maximum Gasteiger partial charge on any atom is 0.221 e. The van der Waals surface area contributed by atoms with Gasteiger partial charge < -0.3 is 15.7 Å². The van der Waals surface area contributed by atoms with Crippen LogP contribution in [-0.2, 0) is 4.79 Å². The zero-order valence-electron chi connectivity index (χ0n) is 10.4. The molecule has 1 unspecified atom stereocenters. The lowest BCUT2D eigenvalue weighted by Crippen LogP contribution is -2.48. The third-order valence-corrected chi connectivity index (χ3v) is 3.43. The van der Waals surface area contributed by atoms with Crippen molar-refractivity contribution in [2.75, 3.05) is 13.6 Å². The number of hydrogen-bond acceptors (Lipinski definition) is 3. The summed E-state index contributed by atoms with van der Waals surface area (Å²) in [5.74, 6) is 0.0390. The first-order valence-corrected chi connectivity index (χ1v) is 6.22. The van der Waals surface area contributed by atoms with Gasteiger partial charge in [-0.2, -0.15) is 0 Å². The maximum atomic E-state index is 11.7. The highest BCUT2D eigenvalue weighted by Gasteiger charge is 2.32. The van der Waals surface area contributed by atoms with Crippen LogP contribution in [0.5, 0.6) is 0 Å². The van der Waals surface area contributed by atoms with Crippen LogP contribution in [0.2, 0.25) is 0 Å². The van der Waals surface area contributed by atoms with Gasteiger partial charge in [-0.05, 0) is 26.8 Å². The van der Waals surface area contributed by atoms with Gasteiger partial charge in [0.15, 0.2) is 0 Å². The third kappa shape index (κ3) is 4.10. The monoisotopic (exact) mass is 228 g/mol. The largest absolute Gasteiger partial charge is 0.392 e. The summed E-state index contributed by atoms with van der Waals surface area (Å²) in [6.07, 6.45) is 5.88. The highest BCUT2D eigenvalue weighted by Crippen LogP contribution is 2.30. The van der Waals surface area contributed by atoms with Gasteiger partial charge >= 0.3 is 0 Å². The second-order valence-corrected chi connectivity index (χ2v) is 4.92. The van der Waals surface area contributed by atoms with Crippen LogP contribution in [0.3, 0.4) is 0 Å². The second kappa shape index (κ2) is 6.21. The van der Waals surface area contributed by atoms with Crippen molar-refractivity contribution in [1.29, 1.82) is 0 Å². The number of aliphatic hydroxyl groups excluding tert-OH is 1. The van der Waals surface area contributed by atoms with Crippen LogP contribution in [-0.4, -0.2) is 36.2 Å². The maximum absolute atomic E-state index is 11.7. The molecule has 3 N–H and O–H groups in total. The van der Waals surface area contributed by atoms with E-state index < -0.39 is 6.10 Å². The fraction of sp³-hybridized carbons (Fsp3) is 0.917. The molecule has 1 amide bonds. The molecule has 1 rings (SSSR count). The van der Waals surface area contributed by atoms with Gasteiger partial charge in [0.1, 0.15) is 0 Å². The number of amides is 1. The number of carbonyl (C=O) groups is 1. The highest BCUT2D eigenvalue weighted by molar-refractivity contribution is 5.77. The van der Waals surface area contributed by atoms with Gasteiger partial charge in [0, 0.05) is 18.5 Å². The number of hydrogen-bond donors (Lipinski definition) is 3. The number of nitrogens with one attached hydrogen (secondary N) is 2. The molecule has 0 heterocycles. The van der Waals surface area contributed by atoms with E-state index in [-0.39, 0.29) is 11.4 Å². The lowest BCUT2D eigenvalue weighted by Gasteiger charge is -2.36. The molecule has 0 bridgehead atoms. The first-order valence-electron chi connectivity index (χ1n) is 6.22. The molecule has 4 heteroatoms. The summed E-state index contributed by atoms with van der Waals surface area (Å²) in [4.78, 5) is 11.7. The topological polar surface area (TPSA) is 61.4 Å². The Morgan fingerprint density at radius 3 is 2.50 bits per heavy atom. The summed E-state index contributed by atoms with van der Waals surface area (Å²) in [7, 11) is 1.94. The predicted molar refractivity (Wildman–Crippen MR) is 64.2 cm³/mol. The van der Waals surface area contributed by atoms with E-state index in [0.29, 0.717) is 13.0 Å². The van der Waals surface area contributed by atoms with Crippen molar-refractivity contribution in [2.45, 2.75) is 57.1 Å². The summed E-state index contributed by atoms with van der Waals surface area (Å²) in [5.41, 5.74) is -0.0129. The van der Waals surface area contributed by atoms with Crippen LogP contribution < -0.4 is 10.6 Å². The van der Waals surface area contributed by atoms with Crippen LogP contribution in [0.4, 0.5) is 0 Å². The Morgan fingerprint density at radius 1 is 1.38 bits per heavy atom. The van der Waals surface area contributed by atoms with Crippen molar-refractivity contribution in [2.24, 2.45) is 0 Å². The average Bonchev–Trinajstić information content (AvgIpc) is 2.28. The summed E-state index contributed by atoms with van der Waals surface area (Å²) >= 11 is 0. The smallest absolute Gasteiger partial charge is 0.221 e. The molecular formula is C12H24N2O2. The molecule has 1 atom stereocenters. The van der Waals surface area contributed by atoms with E-state index in [9.17, 15) is 4.79 Å². The zero-order chi connectivity index (χ0) is 12.0. The molecule has 0 saturated heterocycles. The number of carbonyl (C=O) groups excluding carboxylic acids is 1. The van der Waals surface area contributed by atoms with Crippen molar-refractivity contribution >= 4 is 5.91 Å². The van der Waals surface area contributed by atoms with Crippen LogP contribution in [0, 0.1) is 0 Å². The summed E-state index contributed by atoms with van der Waals surface area (Å²) < 4.78 is 0. The Hall–Kier alpha value is -0.610. The van der Waals surface area contributed by atoms with Crippen LogP contribution in [0.25, 0.3) is 0 Å². The van der Waals surface area contributed by atoms with Crippen molar-refractivity contribution in [1.82, 2.24) is 10.6 Å². The minimum absolute atomic E-state index is 0.0129. The molecule has 0 spiro atoms. The molecule has 94 valence electrons. The van der Waals surface area contributed by atoms with E-state index in [4.69, 9.17) is 5.11 Å². The number of rotatable bonds is 5. The zero-order valence-corrected chi connectivity index (χ0v) is 10.4. The van der Waals surface area contributed by atoms with Gasteiger partial charge in [-0.25, -0.2) is 0 Å². The minimum Gasteiger partial charge on any atom is -0.392 e. The van der Waals surface area contributed by atoms with E-state index >= 15 is 0 Å². The molecule has 4 nitrogen and oxygen atoms in total. The Morgan fingerprint density at radius 2 is 2.00 bits per heavy atom. The Balaban J connectivity index is 2.39. The van der Waals surface area contributed by atoms with Crippen molar-refractivity contribution in [3.05, 3.63) is 0 Å². The van der Waals surface area contributed by atoms with Gasteiger partial charge in [-0.15, -0.1) is 0 Å². The van der Waals surface area contributed by atoms with Gasteiger partial charge in [-0.1, -0.05) is 19.3 Å². The van der Waals surface area contributed by atoms with E-state index in [1.807, 2.05) is 7.05 Å². The Kier molecular flexibility index (Phi) is 5.22. The summed E-state index contributed by atoms with van der Waals surface area (Å²) in [6, 6.07) is 0. The highest BCUT2D eigenvalue weighted by atomic mass is 16.3. The van der Waals surface area contributed by atoms with E-state index in [0.717, 1.165) is 12.8 Å². The average molecular weight is 228 g/mol. The molecule has 0 aromatic rings. The third-order valence-electron chi connectivity index (χ3n) is 3.43. The van der Waals surface area contributed by atoms with Crippen molar-refractivity contribution in [3.63, 3.8) is 0 Å². The van der Waals surface area contributed by atoms with Gasteiger partial charge in [0.2, 0.25) is 5.91 Å². The molecule has 0 aromatic heterocycles. The molecule has 1 aliphatic rings. The molecule has 16 heavy (non-hydrogen) atoms. The first-order chi connectivity index (χ1) is 7.58. The van der Waals surface area contributed by atoms with Gasteiger partial charge in [0.25, 0.3) is 0 Å². The van der Waals surface area contributed by atoms with Crippen LogP contribution in [0.15, 0.2) is 0 Å². The van der Waals surface area contributed by atoms with Crippen LogP contribution >= 0.6 is 0 Å². The standard InChI is InChI=1S/C12H24N2O2/c1-10(15)9-14-11(16)8-12(13-2)6-4-3-5-7-12/h10,13,15H,3-9H2,1-2H3,(H,14,16). The molecule has 1 saturated carbocycles. The van der Waals surface area contributed by atoms with Gasteiger partial charge in [0.05, 0.1) is 6.10 Å². The molecule has 0 aromatic carbocycles. The lowest BCUT2D eigenvalue weighted by atomic mass is 9.79. The van der Waals surface area contributed by atoms with E-state index in [1.54, 1.807) is 6.92 Å². The second-order valence-electron chi connectivity index (χ2n) is 4.92. The van der Waals surface area contributed by atoms with E-state index in [2.05, 4.69) is 10.6 Å². The molecule has 1 fully saturated rings. The summed E-state index contributed by atoms with van der Waals surface area (Å²) in [6.45, 7) is 2.02. The minimum atomic E-state index is -0.471. The van der Waals surface area contributed by atoms with Gasteiger partial charge in [-0.3, -0.25) is 4.79 Å². The fourth-order valence-corrected chi connectivity index (χ4v) is 2.38. The number of aliphatic hydroxyl groups is 1. The van der Waals surface area contributed by atoms with Crippen molar-refractivity contribution < 1.29 is 9.90 Å². The SMILES string of the molecule is CNC1(CC(=O)NCC(C)O)CCCCC1. The Bertz CT molecular complexity index is 223. The lowest BCUT2D eigenvalue weighted by molar-refractivity contribution is -0.123. The Labute approximate surface area is 97.8 Å². The normalized spacial score (nSPS) is 21.4. The predicted octanol–water partition coefficient (Wildman–Crippen LogP) is 0.796. The molecule has 0 radical (unpaired) electrons. The quantitative estimate of drug-likeness (QED) is 0.652. The molecular weight excluding hydrogens is 204 g/mol. The van der Waals surface area contributed by atoms with Crippen LogP contribution in [0.1, 0.15) is 45.4 Å². The molecule has 0 aliphatic heterocycles. The van der Waals surface area contributed by atoms with E-state index in [1.165, 1.54) is 19.3 Å². The first kappa shape index (κ1) is 13.5. The summed E-state index contributed by atoms with van der Waals surface area (Å²) in [5, 5.41) is 15.2. The van der Waals surface area contributed by atoms with Crippen molar-refractivity contribution in [3.8, 4) is 0 Å².